The minimum atomic E-state index is -3.06. The average molecular weight is 257 g/mol. The Morgan fingerprint density at radius 2 is 1.83 bits per heavy atom. The van der Waals surface area contributed by atoms with Gasteiger partial charge in [0.25, 0.3) is 5.92 Å². The summed E-state index contributed by atoms with van der Waals surface area (Å²) in [4.78, 5) is 13.4. The predicted octanol–water partition coefficient (Wildman–Crippen LogP) is 2.65. The van der Waals surface area contributed by atoms with E-state index in [0.29, 0.717) is 5.75 Å². The Morgan fingerprint density at radius 3 is 2.28 bits per heavy atom. The van der Waals surface area contributed by atoms with Crippen LogP contribution >= 0.6 is 0 Å². The molecular weight excluding hydrogens is 244 g/mol. The highest BCUT2D eigenvalue weighted by atomic mass is 19.3. The van der Waals surface area contributed by atoms with Gasteiger partial charge in [0.2, 0.25) is 6.08 Å². The maximum atomic E-state index is 13.5. The van der Waals surface area contributed by atoms with Crippen molar-refractivity contribution in [2.45, 2.75) is 19.4 Å². The lowest BCUT2D eigenvalue weighted by Gasteiger charge is -2.18. The highest BCUT2D eigenvalue weighted by Gasteiger charge is 2.29. The number of hydrogen-bond acceptors (Lipinski definition) is 4. The molecule has 1 aromatic carbocycles. The van der Waals surface area contributed by atoms with E-state index in [0.717, 1.165) is 6.92 Å². The molecule has 18 heavy (non-hydrogen) atoms. The summed E-state index contributed by atoms with van der Waals surface area (Å²) >= 11 is 0. The van der Waals surface area contributed by atoms with E-state index >= 15 is 0 Å². The predicted molar refractivity (Wildman–Crippen MR) is 60.9 cm³/mol. The molecule has 6 heteroatoms. The monoisotopic (exact) mass is 257 g/mol. The molecule has 0 fully saturated rings. The molecule has 0 spiro atoms. The standard InChI is InChI=1S/C12H13F2NO3/c1-12(13,14)9-5-11(18-3)10(17-2)4-8(9)6-15-7-16/h4-5H,6H2,1-3H3. The van der Waals surface area contributed by atoms with Gasteiger partial charge in [-0.2, -0.15) is 0 Å². The zero-order chi connectivity index (χ0) is 13.8. The molecule has 0 radical (unpaired) electrons. The van der Waals surface area contributed by atoms with E-state index in [2.05, 4.69) is 4.99 Å². The molecular formula is C12H13F2NO3. The number of methoxy groups -OCH3 is 2. The maximum Gasteiger partial charge on any atom is 0.270 e. The van der Waals surface area contributed by atoms with E-state index in [-0.39, 0.29) is 23.4 Å². The molecule has 0 aliphatic rings. The lowest BCUT2D eigenvalue weighted by atomic mass is 10.0. The molecule has 0 bridgehead atoms. The van der Waals surface area contributed by atoms with E-state index in [4.69, 9.17) is 9.47 Å². The second-order valence-electron chi connectivity index (χ2n) is 3.66. The molecule has 1 aromatic rings. The van der Waals surface area contributed by atoms with Gasteiger partial charge >= 0.3 is 0 Å². The number of rotatable bonds is 5. The molecule has 0 aromatic heterocycles. The van der Waals surface area contributed by atoms with Crippen LogP contribution in [-0.2, 0) is 17.3 Å². The Labute approximate surface area is 103 Å². The van der Waals surface area contributed by atoms with Crippen molar-refractivity contribution in [1.29, 1.82) is 0 Å². The lowest BCUT2D eigenvalue weighted by Crippen LogP contribution is -2.11. The summed E-state index contributed by atoms with van der Waals surface area (Å²) in [5.41, 5.74) is -0.0531. The number of hydrogen-bond donors (Lipinski definition) is 0. The van der Waals surface area contributed by atoms with E-state index in [9.17, 15) is 13.6 Å². The summed E-state index contributed by atoms with van der Waals surface area (Å²) in [6.45, 7) is 0.588. The van der Waals surface area contributed by atoms with Crippen molar-refractivity contribution in [3.63, 3.8) is 0 Å². The van der Waals surface area contributed by atoms with Gasteiger partial charge in [-0.05, 0) is 17.7 Å². The number of alkyl halides is 2. The van der Waals surface area contributed by atoms with Crippen molar-refractivity contribution in [1.82, 2.24) is 0 Å². The van der Waals surface area contributed by atoms with Crippen molar-refractivity contribution in [2.24, 2.45) is 4.99 Å². The largest absolute Gasteiger partial charge is 0.493 e. The van der Waals surface area contributed by atoms with E-state index in [1.807, 2.05) is 0 Å². The van der Waals surface area contributed by atoms with Crippen molar-refractivity contribution >= 4 is 6.08 Å². The van der Waals surface area contributed by atoms with Gasteiger partial charge in [-0.1, -0.05) is 0 Å². The van der Waals surface area contributed by atoms with Gasteiger partial charge in [-0.25, -0.2) is 18.6 Å². The third-order valence-electron chi connectivity index (χ3n) is 2.40. The van der Waals surface area contributed by atoms with Gasteiger partial charge in [0.1, 0.15) is 0 Å². The average Bonchev–Trinajstić information content (AvgIpc) is 2.33. The van der Waals surface area contributed by atoms with Crippen LogP contribution in [0.25, 0.3) is 0 Å². The second kappa shape index (κ2) is 5.60. The SMILES string of the molecule is COc1cc(CN=C=O)c(C(C)(F)F)cc1OC. The quantitative estimate of drug-likeness (QED) is 0.601. The normalized spacial score (nSPS) is 10.7. The van der Waals surface area contributed by atoms with Crippen LogP contribution in [0.2, 0.25) is 0 Å². The third kappa shape index (κ3) is 3.05. The fourth-order valence-corrected chi connectivity index (χ4v) is 1.58. The fourth-order valence-electron chi connectivity index (χ4n) is 1.58. The number of isocyanates is 1. The fraction of sp³-hybridized carbons (Fsp3) is 0.417. The first-order valence-electron chi connectivity index (χ1n) is 5.10. The van der Waals surface area contributed by atoms with Crippen LogP contribution in [0.1, 0.15) is 18.1 Å². The molecule has 0 heterocycles. The molecule has 98 valence electrons. The molecule has 0 unspecified atom stereocenters. The van der Waals surface area contributed by atoms with Gasteiger partial charge in [-0.15, -0.1) is 0 Å². The summed E-state index contributed by atoms with van der Waals surface area (Å²) in [5.74, 6) is -2.55. The van der Waals surface area contributed by atoms with E-state index < -0.39 is 5.92 Å². The van der Waals surface area contributed by atoms with Gasteiger partial charge in [0, 0.05) is 12.5 Å². The molecule has 4 nitrogen and oxygen atoms in total. The smallest absolute Gasteiger partial charge is 0.270 e. The molecule has 0 amide bonds. The minimum Gasteiger partial charge on any atom is -0.493 e. The molecule has 0 aliphatic heterocycles. The molecule has 0 saturated carbocycles. The van der Waals surface area contributed by atoms with Crippen LogP contribution < -0.4 is 9.47 Å². The Hall–Kier alpha value is -1.94. The van der Waals surface area contributed by atoms with Crippen LogP contribution in [0, 0.1) is 0 Å². The van der Waals surface area contributed by atoms with Crippen molar-refractivity contribution in [3.8, 4) is 11.5 Å². The van der Waals surface area contributed by atoms with Crippen LogP contribution in [0.5, 0.6) is 11.5 Å². The topological polar surface area (TPSA) is 47.9 Å². The zero-order valence-corrected chi connectivity index (χ0v) is 10.3. The highest BCUT2D eigenvalue weighted by Crippen LogP contribution is 2.38. The van der Waals surface area contributed by atoms with Crippen molar-refractivity contribution in [2.75, 3.05) is 14.2 Å². The number of carbonyl (C=O) groups excluding carboxylic acids is 1. The summed E-state index contributed by atoms with van der Waals surface area (Å²) in [7, 11) is 2.76. The Kier molecular flexibility index (Phi) is 4.39. The number of aliphatic imine (C=N–C) groups is 1. The molecule has 0 saturated heterocycles. The van der Waals surface area contributed by atoms with Crippen LogP contribution in [0.15, 0.2) is 17.1 Å². The van der Waals surface area contributed by atoms with Crippen LogP contribution in [0.3, 0.4) is 0 Å². The second-order valence-corrected chi connectivity index (χ2v) is 3.66. The summed E-state index contributed by atoms with van der Waals surface area (Å²) in [5, 5.41) is 0. The third-order valence-corrected chi connectivity index (χ3v) is 2.40. The van der Waals surface area contributed by atoms with Gasteiger partial charge < -0.3 is 9.47 Å². The van der Waals surface area contributed by atoms with Crippen molar-refractivity contribution in [3.05, 3.63) is 23.3 Å². The lowest BCUT2D eigenvalue weighted by molar-refractivity contribution is 0.0163. The zero-order valence-electron chi connectivity index (χ0n) is 10.3. The van der Waals surface area contributed by atoms with Gasteiger partial charge in [0.15, 0.2) is 11.5 Å². The van der Waals surface area contributed by atoms with E-state index in [1.165, 1.54) is 32.4 Å². The van der Waals surface area contributed by atoms with Crippen LogP contribution in [0.4, 0.5) is 8.78 Å². The summed E-state index contributed by atoms with van der Waals surface area (Å²) < 4.78 is 36.9. The molecule has 0 N–H and O–H groups in total. The Bertz CT molecular complexity index is 477. The Balaban J connectivity index is 3.40. The summed E-state index contributed by atoms with van der Waals surface area (Å²) in [6, 6.07) is 2.57. The minimum absolute atomic E-state index is 0.178. The van der Waals surface area contributed by atoms with Crippen molar-refractivity contribution < 1.29 is 23.0 Å². The molecule has 1 rings (SSSR count). The first-order valence-corrected chi connectivity index (χ1v) is 5.10. The Morgan fingerprint density at radius 1 is 1.28 bits per heavy atom. The van der Waals surface area contributed by atoms with E-state index in [1.54, 1.807) is 0 Å². The maximum absolute atomic E-state index is 13.5. The number of nitrogens with zero attached hydrogens (tertiary/aromatic N) is 1. The number of ether oxygens (including phenoxy) is 2. The first kappa shape index (κ1) is 14.1. The number of halogens is 2. The summed E-state index contributed by atoms with van der Waals surface area (Å²) in [6.07, 6.45) is 1.32. The highest BCUT2D eigenvalue weighted by molar-refractivity contribution is 5.49. The van der Waals surface area contributed by atoms with Gasteiger partial charge in [0.05, 0.1) is 20.8 Å². The number of benzene rings is 1. The first-order chi connectivity index (χ1) is 8.43. The molecule has 0 aliphatic carbocycles. The van der Waals surface area contributed by atoms with Crippen LogP contribution in [-0.4, -0.2) is 20.3 Å². The van der Waals surface area contributed by atoms with Gasteiger partial charge in [-0.3, -0.25) is 0 Å². The molecule has 0 atom stereocenters.